The van der Waals surface area contributed by atoms with Crippen LogP contribution in [0.25, 0.3) is 0 Å². The molecule has 68 valence electrons. The molecule has 1 aromatic heterocycles. The summed E-state index contributed by atoms with van der Waals surface area (Å²) in [6, 6.07) is 2.59. The maximum atomic E-state index is 10.9. The Bertz CT molecular complexity index is 348. The van der Waals surface area contributed by atoms with Crippen molar-refractivity contribution < 1.29 is 19.4 Å². The Labute approximate surface area is 74.0 Å². The largest absolute Gasteiger partial charge is 0.481 e. The van der Waals surface area contributed by atoms with Crippen LogP contribution in [0.1, 0.15) is 10.4 Å². The average molecular weight is 181 g/mol. The van der Waals surface area contributed by atoms with E-state index < -0.39 is 11.8 Å². The second kappa shape index (κ2) is 3.66. The van der Waals surface area contributed by atoms with Gasteiger partial charge in [0.2, 0.25) is 5.88 Å². The standard InChI is InChI=1S/C8H7NO4/c1-13-6-4-5(2-3-9-6)7(10)8(11)12/h2-4H,1H3,(H,11,12). The molecule has 0 bridgehead atoms. The molecule has 0 atom stereocenters. The molecule has 13 heavy (non-hydrogen) atoms. The lowest BCUT2D eigenvalue weighted by Crippen LogP contribution is -2.12. The topological polar surface area (TPSA) is 76.5 Å². The van der Waals surface area contributed by atoms with Crippen molar-refractivity contribution >= 4 is 11.8 Å². The number of methoxy groups -OCH3 is 1. The molecule has 1 rings (SSSR count). The minimum atomic E-state index is -1.49. The third kappa shape index (κ3) is 2.02. The molecule has 0 aliphatic heterocycles. The summed E-state index contributed by atoms with van der Waals surface area (Å²) in [6.07, 6.45) is 1.31. The van der Waals surface area contributed by atoms with Crippen LogP contribution < -0.4 is 4.74 Å². The first-order chi connectivity index (χ1) is 6.15. The highest BCUT2D eigenvalue weighted by Gasteiger charge is 2.14. The number of ether oxygens (including phenoxy) is 1. The second-order valence-corrected chi connectivity index (χ2v) is 2.22. The molecule has 0 spiro atoms. The molecule has 1 aromatic rings. The minimum Gasteiger partial charge on any atom is -0.481 e. The molecule has 5 nitrogen and oxygen atoms in total. The number of Topliss-reactive ketones (excluding diaryl/α,β-unsaturated/α-hetero) is 1. The maximum absolute atomic E-state index is 10.9. The first-order valence-electron chi connectivity index (χ1n) is 3.43. The zero-order valence-corrected chi connectivity index (χ0v) is 6.85. The van der Waals surface area contributed by atoms with Crippen LogP contribution in [0.3, 0.4) is 0 Å². The molecule has 1 N–H and O–H groups in total. The SMILES string of the molecule is COc1cc(C(=O)C(=O)O)ccn1. The van der Waals surface area contributed by atoms with Crippen LogP contribution in [0.5, 0.6) is 5.88 Å². The van der Waals surface area contributed by atoms with Crippen LogP contribution in [-0.4, -0.2) is 29.0 Å². The number of hydrogen-bond acceptors (Lipinski definition) is 4. The van der Waals surface area contributed by atoms with Gasteiger partial charge in [-0.05, 0) is 6.07 Å². The van der Waals surface area contributed by atoms with Gasteiger partial charge in [-0.1, -0.05) is 0 Å². The second-order valence-electron chi connectivity index (χ2n) is 2.22. The summed E-state index contributed by atoms with van der Waals surface area (Å²) in [7, 11) is 1.39. The molecule has 0 aliphatic carbocycles. The molecule has 0 aromatic carbocycles. The molecule has 5 heteroatoms. The van der Waals surface area contributed by atoms with Crippen LogP contribution >= 0.6 is 0 Å². The lowest BCUT2D eigenvalue weighted by Gasteiger charge is -1.99. The fraction of sp³-hybridized carbons (Fsp3) is 0.125. The van der Waals surface area contributed by atoms with Crippen LogP contribution in [-0.2, 0) is 4.79 Å². The summed E-state index contributed by atoms with van der Waals surface area (Å²) in [4.78, 5) is 25.0. The van der Waals surface area contributed by atoms with Crippen LogP contribution in [0, 0.1) is 0 Å². The van der Waals surface area contributed by atoms with E-state index in [0.717, 1.165) is 0 Å². The van der Waals surface area contributed by atoms with E-state index in [0.29, 0.717) is 0 Å². The van der Waals surface area contributed by atoms with E-state index in [1.807, 2.05) is 0 Å². The Morgan fingerprint density at radius 1 is 1.54 bits per heavy atom. The monoisotopic (exact) mass is 181 g/mol. The zero-order valence-electron chi connectivity index (χ0n) is 6.85. The lowest BCUT2D eigenvalue weighted by atomic mass is 10.2. The van der Waals surface area contributed by atoms with Crippen molar-refractivity contribution in [2.24, 2.45) is 0 Å². The van der Waals surface area contributed by atoms with E-state index >= 15 is 0 Å². The highest BCUT2D eigenvalue weighted by atomic mass is 16.5. The van der Waals surface area contributed by atoms with Crippen molar-refractivity contribution in [1.82, 2.24) is 4.98 Å². The van der Waals surface area contributed by atoms with Gasteiger partial charge in [-0.3, -0.25) is 4.79 Å². The first-order valence-corrected chi connectivity index (χ1v) is 3.43. The average Bonchev–Trinajstić information content (AvgIpc) is 2.16. The van der Waals surface area contributed by atoms with E-state index in [4.69, 9.17) is 9.84 Å². The number of pyridine rings is 1. The van der Waals surface area contributed by atoms with E-state index in [1.165, 1.54) is 25.4 Å². The van der Waals surface area contributed by atoms with Gasteiger partial charge in [0.15, 0.2) is 0 Å². The fourth-order valence-electron chi connectivity index (χ4n) is 0.786. The normalized spacial score (nSPS) is 9.31. The number of aliphatic carboxylic acids is 1. The number of rotatable bonds is 3. The van der Waals surface area contributed by atoms with Gasteiger partial charge in [0.25, 0.3) is 5.78 Å². The quantitative estimate of drug-likeness (QED) is 0.538. The molecule has 0 radical (unpaired) electrons. The molecular weight excluding hydrogens is 174 g/mol. The Morgan fingerprint density at radius 2 is 2.23 bits per heavy atom. The van der Waals surface area contributed by atoms with Crippen molar-refractivity contribution in [3.63, 3.8) is 0 Å². The van der Waals surface area contributed by atoms with Crippen molar-refractivity contribution in [1.29, 1.82) is 0 Å². The number of carboxylic acids is 1. The highest BCUT2D eigenvalue weighted by Crippen LogP contribution is 2.08. The molecule has 0 aliphatic rings. The summed E-state index contributed by atoms with van der Waals surface area (Å²) >= 11 is 0. The number of carboxylic acid groups (broad SMARTS) is 1. The predicted molar refractivity (Wildman–Crippen MR) is 42.8 cm³/mol. The summed E-state index contributed by atoms with van der Waals surface area (Å²) in [5, 5.41) is 8.39. The van der Waals surface area contributed by atoms with Gasteiger partial charge in [-0.2, -0.15) is 0 Å². The predicted octanol–water partition coefficient (Wildman–Crippen LogP) is 0.357. The Balaban J connectivity index is 3.02. The number of ketones is 1. The van der Waals surface area contributed by atoms with E-state index in [1.54, 1.807) is 0 Å². The summed E-state index contributed by atoms with van der Waals surface area (Å²) in [5.74, 6) is -2.25. The van der Waals surface area contributed by atoms with Gasteiger partial charge < -0.3 is 9.84 Å². The van der Waals surface area contributed by atoms with Gasteiger partial charge in [0.05, 0.1) is 7.11 Å². The summed E-state index contributed by atoms with van der Waals surface area (Å²) in [5.41, 5.74) is 0.0550. The van der Waals surface area contributed by atoms with Crippen molar-refractivity contribution in [3.8, 4) is 5.88 Å². The van der Waals surface area contributed by atoms with E-state index in [2.05, 4.69) is 4.98 Å². The van der Waals surface area contributed by atoms with Crippen molar-refractivity contribution in [2.45, 2.75) is 0 Å². The fourth-order valence-corrected chi connectivity index (χ4v) is 0.786. The summed E-state index contributed by atoms with van der Waals surface area (Å²) < 4.78 is 4.73. The zero-order chi connectivity index (χ0) is 9.84. The van der Waals surface area contributed by atoms with Crippen LogP contribution in [0.4, 0.5) is 0 Å². The van der Waals surface area contributed by atoms with Gasteiger partial charge >= 0.3 is 5.97 Å². The Hall–Kier alpha value is -1.91. The van der Waals surface area contributed by atoms with Crippen molar-refractivity contribution in [3.05, 3.63) is 23.9 Å². The third-order valence-corrected chi connectivity index (χ3v) is 1.40. The molecule has 0 unspecified atom stereocenters. The number of hydrogen-bond donors (Lipinski definition) is 1. The smallest absolute Gasteiger partial charge is 0.377 e. The number of aromatic nitrogens is 1. The molecular formula is C8H7NO4. The van der Waals surface area contributed by atoms with E-state index in [-0.39, 0.29) is 11.4 Å². The molecule has 0 amide bonds. The number of carbonyl (C=O) groups is 2. The maximum Gasteiger partial charge on any atom is 0.377 e. The van der Waals surface area contributed by atoms with E-state index in [9.17, 15) is 9.59 Å². The van der Waals surface area contributed by atoms with Crippen LogP contribution in [0.2, 0.25) is 0 Å². The molecule has 0 saturated heterocycles. The Kier molecular flexibility index (Phi) is 2.59. The van der Waals surface area contributed by atoms with Crippen molar-refractivity contribution in [2.75, 3.05) is 7.11 Å². The van der Waals surface area contributed by atoms with Crippen LogP contribution in [0.15, 0.2) is 18.3 Å². The van der Waals surface area contributed by atoms with Gasteiger partial charge in [0.1, 0.15) is 0 Å². The number of carbonyl (C=O) groups excluding carboxylic acids is 1. The molecule has 1 heterocycles. The van der Waals surface area contributed by atoms with Gasteiger partial charge in [0, 0.05) is 17.8 Å². The molecule has 0 saturated carbocycles. The first kappa shape index (κ1) is 9.18. The lowest BCUT2D eigenvalue weighted by molar-refractivity contribution is -0.131. The Morgan fingerprint density at radius 3 is 2.77 bits per heavy atom. The summed E-state index contributed by atoms with van der Waals surface area (Å²) in [6.45, 7) is 0. The van der Waals surface area contributed by atoms with Gasteiger partial charge in [-0.15, -0.1) is 0 Å². The third-order valence-electron chi connectivity index (χ3n) is 1.40. The van der Waals surface area contributed by atoms with Gasteiger partial charge in [-0.25, -0.2) is 9.78 Å². The molecule has 0 fully saturated rings. The minimum absolute atomic E-state index is 0.0550. The highest BCUT2D eigenvalue weighted by molar-refractivity contribution is 6.39. The number of nitrogens with zero attached hydrogens (tertiary/aromatic N) is 1.